The number of aromatic nitrogens is 3. The van der Waals surface area contributed by atoms with E-state index in [4.69, 9.17) is 37.2 Å². The number of carbonyl (C=O) groups is 1. The monoisotopic (exact) mass is 476 g/mol. The number of hydrogen-bond donors (Lipinski definition) is 1. The molecule has 2 aromatic heterocycles. The summed E-state index contributed by atoms with van der Waals surface area (Å²) in [7, 11) is 1.40. The summed E-state index contributed by atoms with van der Waals surface area (Å²) in [5.41, 5.74) is 0.215. The van der Waals surface area contributed by atoms with Gasteiger partial charge in [0, 0.05) is 11.6 Å². The fourth-order valence-electron chi connectivity index (χ4n) is 2.32. The van der Waals surface area contributed by atoms with Crippen LogP contribution in [0.2, 0.25) is 10.0 Å². The predicted molar refractivity (Wildman–Crippen MR) is 103 cm³/mol. The summed E-state index contributed by atoms with van der Waals surface area (Å²) in [4.78, 5) is 20.3. The van der Waals surface area contributed by atoms with Crippen molar-refractivity contribution in [2.75, 3.05) is 13.7 Å². The summed E-state index contributed by atoms with van der Waals surface area (Å²) < 4.78 is 52.4. The first-order chi connectivity index (χ1) is 14.7. The smallest absolute Gasteiger partial charge is 0.422 e. The summed E-state index contributed by atoms with van der Waals surface area (Å²) in [5.74, 6) is -0.771. The van der Waals surface area contributed by atoms with Crippen LogP contribution in [0.3, 0.4) is 0 Å². The Morgan fingerprint density at radius 1 is 1.23 bits per heavy atom. The van der Waals surface area contributed by atoms with Gasteiger partial charge in [-0.25, -0.2) is 9.97 Å². The highest BCUT2D eigenvalue weighted by molar-refractivity contribution is 6.42. The third-order valence-electron chi connectivity index (χ3n) is 3.71. The maximum Gasteiger partial charge on any atom is 0.422 e. The van der Waals surface area contributed by atoms with Crippen LogP contribution in [0.15, 0.2) is 35.0 Å². The molecule has 0 bridgehead atoms. The SMILES string of the molecule is COc1cc(CNC(=O)c2ncc(OCC(F)(F)F)c(-c3ccc(Cl)c(Cl)c3)n2)on1. The fraction of sp³-hybridized carbons (Fsp3) is 0.222. The molecule has 1 N–H and O–H groups in total. The van der Waals surface area contributed by atoms with E-state index in [1.807, 2.05) is 0 Å². The van der Waals surface area contributed by atoms with Gasteiger partial charge in [0.1, 0.15) is 5.69 Å². The van der Waals surface area contributed by atoms with Gasteiger partial charge in [-0.05, 0) is 17.3 Å². The number of alkyl halides is 3. The van der Waals surface area contributed by atoms with Gasteiger partial charge in [0.15, 0.2) is 18.1 Å². The molecule has 0 aliphatic carbocycles. The highest BCUT2D eigenvalue weighted by Gasteiger charge is 2.29. The minimum atomic E-state index is -4.58. The van der Waals surface area contributed by atoms with Crippen molar-refractivity contribution in [1.29, 1.82) is 0 Å². The van der Waals surface area contributed by atoms with E-state index in [1.165, 1.54) is 31.4 Å². The van der Waals surface area contributed by atoms with Crippen LogP contribution in [-0.4, -0.2) is 40.9 Å². The molecule has 3 aromatic rings. The maximum absolute atomic E-state index is 12.6. The van der Waals surface area contributed by atoms with Crippen molar-refractivity contribution in [3.8, 4) is 22.9 Å². The topological polar surface area (TPSA) is 99.4 Å². The van der Waals surface area contributed by atoms with Crippen LogP contribution in [0.25, 0.3) is 11.3 Å². The first kappa shape index (κ1) is 22.6. The van der Waals surface area contributed by atoms with Crippen LogP contribution in [0.4, 0.5) is 13.2 Å². The summed E-state index contributed by atoms with van der Waals surface area (Å²) in [6.45, 7) is -1.61. The highest BCUT2D eigenvalue weighted by atomic mass is 35.5. The van der Waals surface area contributed by atoms with Crippen LogP contribution in [0, 0.1) is 0 Å². The lowest BCUT2D eigenvalue weighted by atomic mass is 10.1. The van der Waals surface area contributed by atoms with Gasteiger partial charge >= 0.3 is 6.18 Å². The second kappa shape index (κ2) is 9.40. The zero-order valence-electron chi connectivity index (χ0n) is 15.7. The summed E-state index contributed by atoms with van der Waals surface area (Å²) in [6, 6.07) is 5.76. The number of ether oxygens (including phenoxy) is 2. The number of halogens is 5. The van der Waals surface area contributed by atoms with Crippen molar-refractivity contribution in [3.63, 3.8) is 0 Å². The molecule has 0 spiro atoms. The standard InChI is InChI=1S/C18H13Cl2F3N4O4/c1-29-14-5-10(31-27-14)6-25-17(28)16-24-7-13(30-8-18(21,22)23)15(26-16)9-2-3-11(19)12(20)4-9/h2-5,7H,6,8H2,1H3,(H,25,28). The number of carbonyl (C=O) groups excluding carboxylic acids is 1. The second-order valence-electron chi connectivity index (χ2n) is 5.96. The van der Waals surface area contributed by atoms with Crippen molar-refractivity contribution in [2.24, 2.45) is 0 Å². The molecule has 3 rings (SSSR count). The quantitative estimate of drug-likeness (QED) is 0.541. The molecule has 8 nitrogen and oxygen atoms in total. The number of nitrogens with one attached hydrogen (secondary N) is 1. The Labute approximate surface area is 183 Å². The Bertz CT molecular complexity index is 1090. The Morgan fingerprint density at radius 3 is 2.65 bits per heavy atom. The molecule has 13 heteroatoms. The molecule has 164 valence electrons. The molecule has 1 amide bonds. The van der Waals surface area contributed by atoms with Crippen LogP contribution in [0.5, 0.6) is 11.6 Å². The van der Waals surface area contributed by atoms with Gasteiger partial charge in [-0.1, -0.05) is 29.3 Å². The molecule has 0 atom stereocenters. The highest BCUT2D eigenvalue weighted by Crippen LogP contribution is 2.33. The molecule has 0 aliphatic rings. The Hall–Kier alpha value is -3.05. The van der Waals surface area contributed by atoms with Crippen LogP contribution in [-0.2, 0) is 6.54 Å². The average molecular weight is 477 g/mol. The third-order valence-corrected chi connectivity index (χ3v) is 4.45. The summed E-state index contributed by atoms with van der Waals surface area (Å²) in [5, 5.41) is 6.48. The van der Waals surface area contributed by atoms with E-state index in [0.717, 1.165) is 6.20 Å². The van der Waals surface area contributed by atoms with Crippen LogP contribution in [0.1, 0.15) is 16.4 Å². The molecule has 1 aromatic carbocycles. The molecule has 2 heterocycles. The number of rotatable bonds is 7. The maximum atomic E-state index is 12.6. The van der Waals surface area contributed by atoms with E-state index < -0.39 is 18.7 Å². The fourth-order valence-corrected chi connectivity index (χ4v) is 2.61. The molecular formula is C18H13Cl2F3N4O4. The number of methoxy groups -OCH3 is 1. The zero-order valence-corrected chi connectivity index (χ0v) is 17.2. The van der Waals surface area contributed by atoms with Gasteiger partial charge in [0.2, 0.25) is 5.82 Å². The van der Waals surface area contributed by atoms with Gasteiger partial charge < -0.3 is 19.3 Å². The van der Waals surface area contributed by atoms with Crippen molar-refractivity contribution in [2.45, 2.75) is 12.7 Å². The number of amides is 1. The molecule has 31 heavy (non-hydrogen) atoms. The molecule has 0 saturated carbocycles. The Balaban J connectivity index is 1.87. The number of benzene rings is 1. The Kier molecular flexibility index (Phi) is 6.86. The number of hydrogen-bond acceptors (Lipinski definition) is 7. The zero-order chi connectivity index (χ0) is 22.6. The van der Waals surface area contributed by atoms with Gasteiger partial charge in [-0.15, -0.1) is 0 Å². The van der Waals surface area contributed by atoms with Gasteiger partial charge in [-0.2, -0.15) is 13.2 Å². The van der Waals surface area contributed by atoms with Crippen molar-refractivity contribution in [1.82, 2.24) is 20.4 Å². The molecule has 0 aliphatic heterocycles. The lowest BCUT2D eigenvalue weighted by Crippen LogP contribution is -2.25. The van der Waals surface area contributed by atoms with E-state index in [1.54, 1.807) is 0 Å². The molecule has 0 unspecified atom stereocenters. The summed E-state index contributed by atoms with van der Waals surface area (Å²) >= 11 is 11.9. The Morgan fingerprint density at radius 2 is 2.00 bits per heavy atom. The average Bonchev–Trinajstić information content (AvgIpc) is 3.20. The molecule has 0 fully saturated rings. The van der Waals surface area contributed by atoms with Gasteiger partial charge in [-0.3, -0.25) is 4.79 Å². The van der Waals surface area contributed by atoms with E-state index in [0.29, 0.717) is 5.76 Å². The normalized spacial score (nSPS) is 11.3. The molecule has 0 radical (unpaired) electrons. The first-order valence-corrected chi connectivity index (χ1v) is 9.21. The van der Waals surface area contributed by atoms with Crippen molar-refractivity contribution < 1.29 is 32.0 Å². The predicted octanol–water partition coefficient (Wildman–Crippen LogP) is 4.32. The largest absolute Gasteiger partial charge is 0.480 e. The van der Waals surface area contributed by atoms with Crippen molar-refractivity contribution >= 4 is 29.1 Å². The van der Waals surface area contributed by atoms with Gasteiger partial charge in [0.25, 0.3) is 11.8 Å². The number of nitrogens with zero attached hydrogens (tertiary/aromatic N) is 3. The van der Waals surface area contributed by atoms with Crippen LogP contribution >= 0.6 is 23.2 Å². The van der Waals surface area contributed by atoms with Crippen LogP contribution < -0.4 is 14.8 Å². The lowest BCUT2D eigenvalue weighted by Gasteiger charge is -2.13. The minimum absolute atomic E-state index is 0.0486. The van der Waals surface area contributed by atoms with Crippen molar-refractivity contribution in [3.05, 3.63) is 52.1 Å². The van der Waals surface area contributed by atoms with E-state index in [9.17, 15) is 18.0 Å². The molecular weight excluding hydrogens is 464 g/mol. The van der Waals surface area contributed by atoms with Gasteiger partial charge in [0.05, 0.1) is 29.9 Å². The van der Waals surface area contributed by atoms with E-state index >= 15 is 0 Å². The van der Waals surface area contributed by atoms with E-state index in [2.05, 4.69) is 20.4 Å². The minimum Gasteiger partial charge on any atom is -0.480 e. The summed E-state index contributed by atoms with van der Waals surface area (Å²) in [6.07, 6.45) is -3.61. The molecule has 0 saturated heterocycles. The first-order valence-electron chi connectivity index (χ1n) is 8.46. The third kappa shape index (κ3) is 5.98. The second-order valence-corrected chi connectivity index (χ2v) is 6.77. The van der Waals surface area contributed by atoms with E-state index in [-0.39, 0.29) is 45.3 Å². The lowest BCUT2D eigenvalue weighted by molar-refractivity contribution is -0.153.